The Bertz CT molecular complexity index is 827. The Labute approximate surface area is 145 Å². The van der Waals surface area contributed by atoms with Gasteiger partial charge in [0.2, 0.25) is 10.0 Å². The van der Waals surface area contributed by atoms with E-state index >= 15 is 0 Å². The maximum atomic E-state index is 12.3. The lowest BCUT2D eigenvalue weighted by atomic mass is 10.2. The highest BCUT2D eigenvalue weighted by atomic mass is 32.2. The molecule has 1 amide bonds. The summed E-state index contributed by atoms with van der Waals surface area (Å²) in [6, 6.07) is 3.52. The molecule has 1 N–H and O–H groups in total. The number of imidazole rings is 1. The van der Waals surface area contributed by atoms with Crippen LogP contribution in [-0.4, -0.2) is 40.5 Å². The van der Waals surface area contributed by atoms with Crippen LogP contribution in [0.15, 0.2) is 23.7 Å². The molecule has 3 rings (SSSR count). The number of nitrogens with zero attached hydrogens (tertiary/aromatic N) is 3. The first-order chi connectivity index (χ1) is 11.4. The molecule has 7 nitrogen and oxygen atoms in total. The summed E-state index contributed by atoms with van der Waals surface area (Å²) in [6.07, 6.45) is 1.70. The Balaban J connectivity index is 1.76. The van der Waals surface area contributed by atoms with Gasteiger partial charge in [-0.05, 0) is 25.3 Å². The van der Waals surface area contributed by atoms with Gasteiger partial charge in [0.25, 0.3) is 5.91 Å². The number of hydrogen-bond donors (Lipinski definition) is 1. The molecule has 0 saturated carbocycles. The molecule has 0 fully saturated rings. The second-order valence-corrected chi connectivity index (χ2v) is 8.87. The minimum atomic E-state index is -3.28. The minimum Gasteiger partial charge on any atom is -0.346 e. The van der Waals surface area contributed by atoms with E-state index < -0.39 is 10.0 Å². The molecule has 0 unspecified atom stereocenters. The molecule has 24 heavy (non-hydrogen) atoms. The first kappa shape index (κ1) is 17.1. The maximum Gasteiger partial charge on any atom is 0.271 e. The molecule has 1 atom stereocenters. The van der Waals surface area contributed by atoms with Crippen LogP contribution in [0.3, 0.4) is 0 Å². The summed E-state index contributed by atoms with van der Waals surface area (Å²) in [7, 11) is -3.28. The smallest absolute Gasteiger partial charge is 0.271 e. The lowest BCUT2D eigenvalue weighted by molar-refractivity contribution is 0.0946. The van der Waals surface area contributed by atoms with E-state index in [0.29, 0.717) is 31.2 Å². The molecule has 3 heterocycles. The third kappa shape index (κ3) is 3.24. The number of carbonyl (C=O) groups excluding carboxylic acids is 1. The number of fused-ring (bicyclic) bond motifs is 1. The number of rotatable bonds is 5. The molecule has 0 aliphatic carbocycles. The van der Waals surface area contributed by atoms with Gasteiger partial charge in [0.15, 0.2) is 0 Å². The normalized spacial score (nSPS) is 18.3. The van der Waals surface area contributed by atoms with E-state index in [0.717, 1.165) is 4.88 Å². The third-order valence-corrected chi connectivity index (χ3v) is 6.95. The highest BCUT2D eigenvalue weighted by molar-refractivity contribution is 7.89. The Morgan fingerprint density at radius 3 is 2.92 bits per heavy atom. The second-order valence-electron chi connectivity index (χ2n) is 5.63. The van der Waals surface area contributed by atoms with E-state index in [2.05, 4.69) is 10.3 Å². The van der Waals surface area contributed by atoms with Gasteiger partial charge in [0.1, 0.15) is 11.5 Å². The van der Waals surface area contributed by atoms with E-state index in [1.807, 2.05) is 22.1 Å². The molecule has 0 spiro atoms. The predicted octanol–water partition coefficient (Wildman–Crippen LogP) is 1.60. The van der Waals surface area contributed by atoms with E-state index in [9.17, 15) is 13.2 Å². The molecular formula is C15H20N4O3S2. The number of aromatic nitrogens is 2. The zero-order valence-corrected chi connectivity index (χ0v) is 15.2. The van der Waals surface area contributed by atoms with E-state index in [4.69, 9.17) is 0 Å². The molecule has 0 aromatic carbocycles. The summed E-state index contributed by atoms with van der Waals surface area (Å²) in [5.41, 5.74) is 0.323. The average molecular weight is 368 g/mol. The highest BCUT2D eigenvalue weighted by Gasteiger charge is 2.33. The van der Waals surface area contributed by atoms with Crippen molar-refractivity contribution in [2.75, 3.05) is 12.3 Å². The van der Waals surface area contributed by atoms with Crippen LogP contribution in [0, 0.1) is 0 Å². The zero-order chi connectivity index (χ0) is 17.3. The van der Waals surface area contributed by atoms with Crippen molar-refractivity contribution in [2.45, 2.75) is 33.0 Å². The van der Waals surface area contributed by atoms with Crippen molar-refractivity contribution in [1.82, 2.24) is 19.2 Å². The molecule has 2 aromatic heterocycles. The van der Waals surface area contributed by atoms with E-state index in [-0.39, 0.29) is 17.7 Å². The maximum absolute atomic E-state index is 12.3. The summed E-state index contributed by atoms with van der Waals surface area (Å²) in [4.78, 5) is 17.7. The molecule has 0 bridgehead atoms. The van der Waals surface area contributed by atoms with Crippen LogP contribution in [0.2, 0.25) is 0 Å². The van der Waals surface area contributed by atoms with Gasteiger partial charge < -0.3 is 9.88 Å². The molecule has 2 aromatic rings. The standard InChI is InChI=1S/C15H20N4O3S2/c1-3-24(21,22)19-7-6-18-10-13(17-14(18)11(19)2)15(20)16-9-12-5-4-8-23-12/h4-5,8,10-11H,3,6-7,9H2,1-2H3,(H,16,20)/t11-/m1/s1. The number of thiophene rings is 1. The fraction of sp³-hybridized carbons (Fsp3) is 0.467. The average Bonchev–Trinajstić information content (AvgIpc) is 3.22. The number of sulfonamides is 1. The van der Waals surface area contributed by atoms with Gasteiger partial charge in [0.05, 0.1) is 18.3 Å². The molecule has 1 aliphatic heterocycles. The van der Waals surface area contributed by atoms with E-state index in [1.165, 1.54) is 4.31 Å². The first-order valence-electron chi connectivity index (χ1n) is 7.79. The molecule has 0 saturated heterocycles. The fourth-order valence-electron chi connectivity index (χ4n) is 2.80. The van der Waals surface area contributed by atoms with Gasteiger partial charge in [-0.1, -0.05) is 6.07 Å². The molecule has 0 radical (unpaired) electrons. The van der Waals surface area contributed by atoms with Gasteiger partial charge in [-0.2, -0.15) is 4.31 Å². The molecular weight excluding hydrogens is 348 g/mol. The van der Waals surface area contributed by atoms with Crippen molar-refractivity contribution in [1.29, 1.82) is 0 Å². The fourth-order valence-corrected chi connectivity index (χ4v) is 4.71. The minimum absolute atomic E-state index is 0.0617. The predicted molar refractivity (Wildman–Crippen MR) is 92.3 cm³/mol. The summed E-state index contributed by atoms with van der Waals surface area (Å²) in [6.45, 7) is 4.80. The molecule has 130 valence electrons. The zero-order valence-electron chi connectivity index (χ0n) is 13.6. The van der Waals surface area contributed by atoms with Gasteiger partial charge >= 0.3 is 0 Å². The number of hydrogen-bond acceptors (Lipinski definition) is 5. The second kappa shape index (κ2) is 6.66. The van der Waals surface area contributed by atoms with Crippen LogP contribution in [0.5, 0.6) is 0 Å². The Morgan fingerprint density at radius 1 is 1.46 bits per heavy atom. The molecule has 9 heteroatoms. The van der Waals surface area contributed by atoms with Crippen molar-refractivity contribution in [3.05, 3.63) is 40.1 Å². The summed E-state index contributed by atoms with van der Waals surface area (Å²) >= 11 is 1.58. The van der Waals surface area contributed by atoms with Crippen LogP contribution < -0.4 is 5.32 Å². The highest BCUT2D eigenvalue weighted by Crippen LogP contribution is 2.27. The lowest BCUT2D eigenvalue weighted by Crippen LogP contribution is -2.41. The Kier molecular flexibility index (Phi) is 4.75. The summed E-state index contributed by atoms with van der Waals surface area (Å²) in [5, 5.41) is 4.80. The van der Waals surface area contributed by atoms with Crippen LogP contribution in [0.4, 0.5) is 0 Å². The Hall–Kier alpha value is -1.71. The third-order valence-electron chi connectivity index (χ3n) is 4.13. The number of carbonyl (C=O) groups is 1. The molecule has 1 aliphatic rings. The topological polar surface area (TPSA) is 84.3 Å². The Morgan fingerprint density at radius 2 is 2.25 bits per heavy atom. The van der Waals surface area contributed by atoms with Crippen molar-refractivity contribution >= 4 is 27.3 Å². The SMILES string of the molecule is CCS(=O)(=O)N1CCn2cc(C(=O)NCc3cccs3)nc2[C@H]1C. The summed E-state index contributed by atoms with van der Waals surface area (Å²) < 4.78 is 27.6. The largest absolute Gasteiger partial charge is 0.346 e. The van der Waals surface area contributed by atoms with Crippen molar-refractivity contribution in [3.8, 4) is 0 Å². The van der Waals surface area contributed by atoms with Crippen molar-refractivity contribution < 1.29 is 13.2 Å². The van der Waals surface area contributed by atoms with Crippen molar-refractivity contribution in [3.63, 3.8) is 0 Å². The van der Waals surface area contributed by atoms with Crippen molar-refractivity contribution in [2.24, 2.45) is 0 Å². The van der Waals surface area contributed by atoms with Crippen LogP contribution in [0.1, 0.15) is 41.1 Å². The summed E-state index contributed by atoms with van der Waals surface area (Å²) in [5.74, 6) is 0.425. The quantitative estimate of drug-likeness (QED) is 0.869. The lowest BCUT2D eigenvalue weighted by Gasteiger charge is -2.32. The van der Waals surface area contributed by atoms with Gasteiger partial charge in [-0.15, -0.1) is 11.3 Å². The van der Waals surface area contributed by atoms with Crippen LogP contribution in [0.25, 0.3) is 0 Å². The number of nitrogens with one attached hydrogen (secondary N) is 1. The van der Waals surface area contributed by atoms with Gasteiger partial charge in [0, 0.05) is 24.2 Å². The van der Waals surface area contributed by atoms with Gasteiger partial charge in [-0.25, -0.2) is 13.4 Å². The van der Waals surface area contributed by atoms with E-state index in [1.54, 1.807) is 31.4 Å². The van der Waals surface area contributed by atoms with Gasteiger partial charge in [-0.3, -0.25) is 4.79 Å². The number of amides is 1. The first-order valence-corrected chi connectivity index (χ1v) is 10.3. The monoisotopic (exact) mass is 368 g/mol. The van der Waals surface area contributed by atoms with Crippen LogP contribution in [-0.2, 0) is 23.1 Å². The van der Waals surface area contributed by atoms with Crippen LogP contribution >= 0.6 is 11.3 Å².